The van der Waals surface area contributed by atoms with Crippen LogP contribution in [0.3, 0.4) is 0 Å². The van der Waals surface area contributed by atoms with Gasteiger partial charge in [0.25, 0.3) is 0 Å². The van der Waals surface area contributed by atoms with E-state index in [0.29, 0.717) is 12.2 Å². The quantitative estimate of drug-likeness (QED) is 0.792. The van der Waals surface area contributed by atoms with Crippen LogP contribution in [0.15, 0.2) is 18.2 Å². The van der Waals surface area contributed by atoms with Gasteiger partial charge in [0.2, 0.25) is 0 Å². The Morgan fingerprint density at radius 1 is 1.33 bits per heavy atom. The first kappa shape index (κ1) is 13.3. The minimum Gasteiger partial charge on any atom is -0.505 e. The molecule has 100 valence electrons. The maximum absolute atomic E-state index is 13.2. The van der Waals surface area contributed by atoms with Crippen molar-refractivity contribution in [1.29, 1.82) is 0 Å². The number of hydrogen-bond acceptors (Lipinski definition) is 4. The van der Waals surface area contributed by atoms with Gasteiger partial charge in [0, 0.05) is 12.2 Å². The normalized spacial score (nSPS) is 23.4. The topological polar surface area (TPSA) is 58.9 Å². The Kier molecular flexibility index (Phi) is 4.52. The minimum atomic E-state index is -0.677. The molecule has 18 heavy (non-hydrogen) atoms. The molecule has 0 bridgehead atoms. The van der Waals surface area contributed by atoms with Crippen LogP contribution in [-0.4, -0.2) is 29.5 Å². The molecule has 2 N–H and O–H groups in total. The lowest BCUT2D eigenvalue weighted by Gasteiger charge is -2.12. The summed E-state index contributed by atoms with van der Waals surface area (Å²) in [5.74, 6) is -1.06. The van der Waals surface area contributed by atoms with E-state index in [1.54, 1.807) is 6.07 Å². The van der Waals surface area contributed by atoms with Gasteiger partial charge in [0.1, 0.15) is 0 Å². The fourth-order valence-corrected chi connectivity index (χ4v) is 1.93. The molecule has 0 spiro atoms. The molecular weight excluding hydrogens is 239 g/mol. The molecule has 0 saturated carbocycles. The third kappa shape index (κ3) is 3.19. The van der Waals surface area contributed by atoms with Crippen molar-refractivity contribution >= 4 is 0 Å². The first-order valence-electron chi connectivity index (χ1n) is 6.07. The second-order valence-corrected chi connectivity index (χ2v) is 4.35. The summed E-state index contributed by atoms with van der Waals surface area (Å²) in [7, 11) is 0. The van der Waals surface area contributed by atoms with Crippen LogP contribution in [0.2, 0.25) is 0 Å². The van der Waals surface area contributed by atoms with E-state index in [2.05, 4.69) is 0 Å². The Morgan fingerprint density at radius 3 is 2.89 bits per heavy atom. The van der Waals surface area contributed by atoms with Crippen molar-refractivity contribution in [2.24, 2.45) is 0 Å². The highest BCUT2D eigenvalue weighted by atomic mass is 19.1. The predicted molar refractivity (Wildman–Crippen MR) is 62.6 cm³/mol. The van der Waals surface area contributed by atoms with E-state index in [1.165, 1.54) is 12.1 Å². The van der Waals surface area contributed by atoms with Gasteiger partial charge < -0.3 is 19.7 Å². The second-order valence-electron chi connectivity index (χ2n) is 4.35. The van der Waals surface area contributed by atoms with Crippen LogP contribution in [0.1, 0.15) is 31.1 Å². The molecule has 1 fully saturated rings. The Bertz CT molecular complexity index is 397. The number of aromatic hydroxyl groups is 1. The zero-order valence-electron chi connectivity index (χ0n) is 10.0. The van der Waals surface area contributed by atoms with Crippen molar-refractivity contribution in [2.45, 2.75) is 31.7 Å². The first-order valence-corrected chi connectivity index (χ1v) is 6.07. The highest BCUT2D eigenvalue weighted by Crippen LogP contribution is 2.30. The smallest absolute Gasteiger partial charge is 0.184 e. The largest absolute Gasteiger partial charge is 0.505 e. The summed E-state index contributed by atoms with van der Waals surface area (Å²) < 4.78 is 24.3. The summed E-state index contributed by atoms with van der Waals surface area (Å²) in [6.07, 6.45) is 1.86. The highest BCUT2D eigenvalue weighted by Gasteiger charge is 2.27. The third-order valence-electron chi connectivity index (χ3n) is 2.93. The van der Waals surface area contributed by atoms with Crippen LogP contribution in [0, 0.1) is 5.82 Å². The van der Waals surface area contributed by atoms with Crippen molar-refractivity contribution in [3.05, 3.63) is 29.6 Å². The Hall–Kier alpha value is -1.17. The number of phenols is 1. The van der Waals surface area contributed by atoms with Gasteiger partial charge in [-0.25, -0.2) is 4.39 Å². The van der Waals surface area contributed by atoms with Gasteiger partial charge in [-0.3, -0.25) is 0 Å². The second kappa shape index (κ2) is 6.13. The monoisotopic (exact) mass is 256 g/mol. The Labute approximate surface area is 105 Å². The molecule has 1 heterocycles. The van der Waals surface area contributed by atoms with Gasteiger partial charge in [-0.2, -0.15) is 0 Å². The number of aliphatic hydroxyl groups excluding tert-OH is 1. The fraction of sp³-hybridized carbons (Fsp3) is 0.538. The van der Waals surface area contributed by atoms with Crippen LogP contribution in [0.4, 0.5) is 4.39 Å². The van der Waals surface area contributed by atoms with Crippen LogP contribution < -0.4 is 0 Å². The molecule has 0 amide bonds. The molecule has 0 radical (unpaired) electrons. The minimum absolute atomic E-state index is 0.0154. The molecule has 1 aromatic carbocycles. The van der Waals surface area contributed by atoms with E-state index in [4.69, 9.17) is 19.7 Å². The third-order valence-corrected chi connectivity index (χ3v) is 2.93. The summed E-state index contributed by atoms with van der Waals surface area (Å²) in [5, 5.41) is 17.8. The van der Waals surface area contributed by atoms with Gasteiger partial charge >= 0.3 is 0 Å². The van der Waals surface area contributed by atoms with Gasteiger partial charge in [-0.1, -0.05) is 6.07 Å². The standard InChI is InChI=1S/C13H17FO4/c14-11-7-9(4-5-12(11)16)13-17-8-10(18-13)3-1-2-6-15/h4-5,7,10,13,15-16H,1-3,6,8H2. The molecule has 1 aromatic rings. The van der Waals surface area contributed by atoms with Crippen molar-refractivity contribution in [2.75, 3.05) is 13.2 Å². The molecule has 1 aliphatic rings. The van der Waals surface area contributed by atoms with E-state index in [0.717, 1.165) is 19.3 Å². The predicted octanol–water partition coefficient (Wildman–Crippen LogP) is 2.11. The van der Waals surface area contributed by atoms with E-state index in [-0.39, 0.29) is 18.5 Å². The highest BCUT2D eigenvalue weighted by molar-refractivity contribution is 5.28. The maximum Gasteiger partial charge on any atom is 0.184 e. The SMILES string of the molecule is OCCCCC1COC(c2ccc(O)c(F)c2)O1. The summed E-state index contributed by atoms with van der Waals surface area (Å²) >= 11 is 0. The molecule has 5 heteroatoms. The number of hydrogen-bond donors (Lipinski definition) is 2. The van der Waals surface area contributed by atoms with E-state index < -0.39 is 12.1 Å². The van der Waals surface area contributed by atoms with Crippen LogP contribution in [-0.2, 0) is 9.47 Å². The lowest BCUT2D eigenvalue weighted by molar-refractivity contribution is -0.0616. The Morgan fingerprint density at radius 2 is 2.17 bits per heavy atom. The van der Waals surface area contributed by atoms with Gasteiger partial charge in [0.05, 0.1) is 12.7 Å². The summed E-state index contributed by atoms with van der Waals surface area (Å²) in [4.78, 5) is 0. The Balaban J connectivity index is 1.89. The maximum atomic E-state index is 13.2. The molecule has 4 nitrogen and oxygen atoms in total. The zero-order chi connectivity index (χ0) is 13.0. The molecule has 0 aliphatic carbocycles. The summed E-state index contributed by atoms with van der Waals surface area (Å²) in [6, 6.07) is 4.09. The molecule has 1 saturated heterocycles. The zero-order valence-corrected chi connectivity index (χ0v) is 10.0. The van der Waals surface area contributed by atoms with Crippen LogP contribution in [0.25, 0.3) is 0 Å². The van der Waals surface area contributed by atoms with E-state index in [1.807, 2.05) is 0 Å². The molecule has 2 rings (SSSR count). The number of benzene rings is 1. The molecule has 2 unspecified atom stereocenters. The van der Waals surface area contributed by atoms with Crippen molar-refractivity contribution in [1.82, 2.24) is 0 Å². The number of unbranched alkanes of at least 4 members (excludes halogenated alkanes) is 1. The van der Waals surface area contributed by atoms with E-state index in [9.17, 15) is 4.39 Å². The van der Waals surface area contributed by atoms with Crippen LogP contribution >= 0.6 is 0 Å². The molecule has 2 atom stereocenters. The average Bonchev–Trinajstić information content (AvgIpc) is 2.82. The number of rotatable bonds is 5. The first-order chi connectivity index (χ1) is 8.70. The van der Waals surface area contributed by atoms with Crippen molar-refractivity contribution in [3.8, 4) is 5.75 Å². The van der Waals surface area contributed by atoms with Gasteiger partial charge in [0.15, 0.2) is 17.9 Å². The summed E-state index contributed by atoms with van der Waals surface area (Å²) in [5.41, 5.74) is 0.565. The number of halogens is 1. The molecule has 0 aromatic heterocycles. The van der Waals surface area contributed by atoms with Gasteiger partial charge in [-0.05, 0) is 31.4 Å². The average molecular weight is 256 g/mol. The summed E-state index contributed by atoms with van der Waals surface area (Å²) in [6.45, 7) is 0.652. The van der Waals surface area contributed by atoms with Crippen molar-refractivity contribution in [3.63, 3.8) is 0 Å². The number of ether oxygens (including phenoxy) is 2. The lowest BCUT2D eigenvalue weighted by Crippen LogP contribution is -2.09. The molecular formula is C13H17FO4. The van der Waals surface area contributed by atoms with Crippen LogP contribution in [0.5, 0.6) is 5.75 Å². The number of aliphatic hydroxyl groups is 1. The molecule has 1 aliphatic heterocycles. The van der Waals surface area contributed by atoms with E-state index >= 15 is 0 Å². The fourth-order valence-electron chi connectivity index (χ4n) is 1.93. The van der Waals surface area contributed by atoms with Crippen molar-refractivity contribution < 1.29 is 24.1 Å². The van der Waals surface area contributed by atoms with Gasteiger partial charge in [-0.15, -0.1) is 0 Å². The lowest BCUT2D eigenvalue weighted by atomic mass is 10.1. The number of phenolic OH excluding ortho intramolecular Hbond substituents is 1.